The summed E-state index contributed by atoms with van der Waals surface area (Å²) in [4.78, 5) is 9.96. The average molecular weight is 1000 g/mol. The summed E-state index contributed by atoms with van der Waals surface area (Å²) < 4.78 is 3.87. The Balaban J connectivity index is 0.000000197. The molecular weight excluding hydrogens is 955 g/mol. The van der Waals surface area contributed by atoms with Crippen molar-refractivity contribution in [2.75, 3.05) is 0 Å². The molecule has 59 heavy (non-hydrogen) atoms. The van der Waals surface area contributed by atoms with Crippen LogP contribution in [0.2, 0.25) is 17.3 Å². The van der Waals surface area contributed by atoms with Crippen molar-refractivity contribution < 1.29 is 20.1 Å². The van der Waals surface area contributed by atoms with Crippen LogP contribution < -0.4 is 4.40 Å². The van der Waals surface area contributed by atoms with Crippen molar-refractivity contribution in [3.8, 4) is 39.5 Å². The van der Waals surface area contributed by atoms with Crippen molar-refractivity contribution >= 4 is 50.2 Å². The van der Waals surface area contributed by atoms with Crippen molar-refractivity contribution in [3.05, 3.63) is 181 Å². The minimum atomic E-state index is -1.86. The first-order chi connectivity index (χ1) is 28.0. The second-order valence-electron chi connectivity index (χ2n) is 17.7. The van der Waals surface area contributed by atoms with Crippen LogP contribution in [0.1, 0.15) is 44.4 Å². The van der Waals surface area contributed by atoms with Gasteiger partial charge in [-0.1, -0.05) is 104 Å². The van der Waals surface area contributed by atoms with Gasteiger partial charge in [-0.25, -0.2) is 0 Å². The zero-order chi connectivity index (χ0) is 40.2. The molecule has 2 heterocycles. The van der Waals surface area contributed by atoms with E-state index in [-0.39, 0.29) is 25.5 Å². The van der Waals surface area contributed by atoms with Crippen molar-refractivity contribution in [3.63, 3.8) is 0 Å². The van der Waals surface area contributed by atoms with Crippen LogP contribution in [0.4, 0.5) is 0 Å². The molecule has 1 aliphatic rings. The van der Waals surface area contributed by atoms with E-state index in [2.05, 4.69) is 195 Å². The minimum absolute atomic E-state index is 0. The van der Waals surface area contributed by atoms with Crippen molar-refractivity contribution in [2.24, 2.45) is 5.92 Å². The van der Waals surface area contributed by atoms with Gasteiger partial charge in [0, 0.05) is 31.2 Å². The summed E-state index contributed by atoms with van der Waals surface area (Å²) in [7, 11) is 0. The van der Waals surface area contributed by atoms with E-state index in [0.29, 0.717) is 5.92 Å². The Labute approximate surface area is 365 Å². The fourth-order valence-electron chi connectivity index (χ4n) is 8.84. The molecule has 0 unspecified atom stereocenters. The maximum absolute atomic E-state index is 5.27. The van der Waals surface area contributed by atoms with Gasteiger partial charge in [-0.15, -0.1) is 29.3 Å². The fourth-order valence-corrected chi connectivity index (χ4v) is 12.2. The maximum atomic E-state index is 5.27. The molecule has 5 heteroatoms. The fraction of sp³-hybridized carbons (Fsp3) is 0.185. The van der Waals surface area contributed by atoms with E-state index in [1.54, 1.807) is 4.40 Å². The smallest absolute Gasteiger partial charge is 0.0780 e. The second kappa shape index (κ2) is 16.1. The third kappa shape index (κ3) is 7.63. The van der Waals surface area contributed by atoms with Gasteiger partial charge in [-0.2, -0.15) is 0 Å². The number of aromatic nitrogens is 3. The first kappa shape index (κ1) is 40.6. The van der Waals surface area contributed by atoms with E-state index in [0.717, 1.165) is 45.8 Å². The monoisotopic (exact) mass is 1010 g/mol. The van der Waals surface area contributed by atoms with E-state index in [1.807, 2.05) is 18.2 Å². The third-order valence-corrected chi connectivity index (χ3v) is 16.0. The molecule has 10 rings (SSSR count). The van der Waals surface area contributed by atoms with Crippen LogP contribution in [0.5, 0.6) is 0 Å². The van der Waals surface area contributed by atoms with Crippen LogP contribution in [0, 0.1) is 18.1 Å². The molecule has 0 saturated heterocycles. The summed E-state index contributed by atoms with van der Waals surface area (Å²) in [5.74, 6) is 8.91. The van der Waals surface area contributed by atoms with Crippen LogP contribution in [0.15, 0.2) is 152 Å². The van der Waals surface area contributed by atoms with E-state index in [4.69, 9.17) is 9.97 Å². The minimum Gasteiger partial charge on any atom is -0.333 e. The molecule has 1 radical (unpaired) electrons. The zero-order valence-corrected chi connectivity index (χ0v) is 39.4. The number of rotatable bonds is 6. The van der Waals surface area contributed by atoms with Crippen molar-refractivity contribution in [2.45, 2.75) is 56.8 Å². The number of nitrogens with zero attached hydrogens (tertiary/aromatic N) is 3. The third-order valence-electron chi connectivity index (χ3n) is 11.7. The Morgan fingerprint density at radius 2 is 1.37 bits per heavy atom. The van der Waals surface area contributed by atoms with Crippen LogP contribution in [-0.4, -0.2) is 27.8 Å². The zero-order valence-electron chi connectivity index (χ0n) is 34.9. The molecule has 0 aliphatic heterocycles. The molecule has 0 spiro atoms. The molecule has 0 fully saturated rings. The SMILES string of the molecule is CC(C)Cc1cc(-c2[c-]cccc2)nc[c]1[Ge]([CH3])([CH3])[CH3].CC1(C)c2c[c-]c(-c3nc4cc5ccccc5cc4n3-c3cccc4ccccc34)cc2-c2ccccc21.[Ir]. The van der Waals surface area contributed by atoms with Crippen LogP contribution in [-0.2, 0) is 31.9 Å². The predicted octanol–water partition coefficient (Wildman–Crippen LogP) is 13.4. The van der Waals surface area contributed by atoms with Gasteiger partial charge in [0.2, 0.25) is 0 Å². The Bertz CT molecular complexity index is 2970. The van der Waals surface area contributed by atoms with Crippen molar-refractivity contribution in [1.29, 1.82) is 0 Å². The summed E-state index contributed by atoms with van der Waals surface area (Å²) >= 11 is -1.86. The molecule has 0 saturated carbocycles. The first-order valence-corrected chi connectivity index (χ1v) is 27.8. The second-order valence-corrected chi connectivity index (χ2v) is 28.2. The molecule has 0 atom stereocenters. The van der Waals surface area contributed by atoms with Gasteiger partial charge in [-0.3, -0.25) is 4.98 Å². The standard InChI is InChI=1S/C36H25N2.C18H24GeN.Ir/c1-36(2)30-16-8-7-15-28(30)29-20-26(18-19-31(29)36)35-37-32-21-24-11-3-4-12-25(24)22-34(32)38(35)33-17-9-13-23-10-5-6-14-27(23)33;1-14(2)11-16-12-18(15-9-7-6-8-10-15)20-13-17(16)19(3,4)5;/h3-17,19-22H,1-2H3;6-9,12-14H,11H2,1-5H3;/q2*-1;. The van der Waals surface area contributed by atoms with Gasteiger partial charge in [-0.05, 0) is 50.9 Å². The van der Waals surface area contributed by atoms with Gasteiger partial charge < -0.3 is 4.57 Å². The van der Waals surface area contributed by atoms with Gasteiger partial charge in [0.25, 0.3) is 0 Å². The summed E-state index contributed by atoms with van der Waals surface area (Å²) in [5, 5.41) is 4.83. The van der Waals surface area contributed by atoms with Crippen LogP contribution in [0.3, 0.4) is 0 Å². The quantitative estimate of drug-likeness (QED) is 0.123. The Hall–Kier alpha value is -5.13. The molecule has 1 aliphatic carbocycles. The molecule has 0 amide bonds. The number of imidazole rings is 1. The number of benzene rings is 7. The summed E-state index contributed by atoms with van der Waals surface area (Å²) in [6, 6.07) is 58.7. The van der Waals surface area contributed by atoms with E-state index in [9.17, 15) is 0 Å². The summed E-state index contributed by atoms with van der Waals surface area (Å²) in [6.07, 6.45) is 3.27. The average Bonchev–Trinajstić information content (AvgIpc) is 3.70. The normalized spacial score (nSPS) is 12.9. The van der Waals surface area contributed by atoms with Crippen LogP contribution >= 0.6 is 0 Å². The molecule has 3 nitrogen and oxygen atoms in total. The number of pyridine rings is 1. The number of fused-ring (bicyclic) bond motifs is 6. The summed E-state index contributed by atoms with van der Waals surface area (Å²) in [5.41, 5.74) is 13.1. The summed E-state index contributed by atoms with van der Waals surface area (Å²) in [6.45, 7) is 9.19. The van der Waals surface area contributed by atoms with E-state index < -0.39 is 13.3 Å². The Morgan fingerprint density at radius 1 is 0.678 bits per heavy atom. The molecule has 7 aromatic carbocycles. The van der Waals surface area contributed by atoms with E-state index in [1.165, 1.54) is 49.4 Å². The largest absolute Gasteiger partial charge is 0.333 e. The number of hydrogen-bond donors (Lipinski definition) is 0. The van der Waals surface area contributed by atoms with Gasteiger partial charge in [0.15, 0.2) is 0 Å². The van der Waals surface area contributed by atoms with Gasteiger partial charge >= 0.3 is 126 Å². The first-order valence-electron chi connectivity index (χ1n) is 20.5. The van der Waals surface area contributed by atoms with Crippen molar-refractivity contribution in [1.82, 2.24) is 14.5 Å². The number of hydrogen-bond acceptors (Lipinski definition) is 2. The molecule has 9 aromatic rings. The topological polar surface area (TPSA) is 30.7 Å². The maximum Gasteiger partial charge on any atom is 0.0780 e. The molecular formula is C54H49GeIrN3-2. The van der Waals surface area contributed by atoms with Gasteiger partial charge in [0.1, 0.15) is 0 Å². The van der Waals surface area contributed by atoms with E-state index >= 15 is 0 Å². The van der Waals surface area contributed by atoms with Gasteiger partial charge in [0.05, 0.1) is 16.9 Å². The molecule has 0 N–H and O–H groups in total. The van der Waals surface area contributed by atoms with Crippen LogP contribution in [0.25, 0.3) is 72.0 Å². The molecule has 2 aromatic heterocycles. The Kier molecular flexibility index (Phi) is 11.1. The molecule has 0 bridgehead atoms. The molecule has 295 valence electrons. The Morgan fingerprint density at radius 3 is 2.12 bits per heavy atom. The predicted molar refractivity (Wildman–Crippen MR) is 248 cm³/mol.